The fraction of sp³-hybridized carbons (Fsp3) is 0.700. The van der Waals surface area contributed by atoms with Crippen molar-refractivity contribution in [1.29, 1.82) is 0 Å². The minimum Gasteiger partial charge on any atom is -0.316 e. The van der Waals surface area contributed by atoms with Gasteiger partial charge in [-0.3, -0.25) is 4.68 Å². The largest absolute Gasteiger partial charge is 0.316 e. The smallest absolute Gasteiger partial charge is 0.257 e. The van der Waals surface area contributed by atoms with Gasteiger partial charge >= 0.3 is 0 Å². The molecule has 0 spiro atoms. The standard InChI is InChI=1S/C10H18N4O2S.ClH/c1-8-7-11-5-3-9(8)13-17(15,16)10-4-6-12-14(10)2;/h4,6,8-9,11,13H,3,5,7H2,1-2H3;1H. The van der Waals surface area contributed by atoms with E-state index in [1.54, 1.807) is 7.05 Å². The van der Waals surface area contributed by atoms with Crippen LogP contribution >= 0.6 is 12.4 Å². The van der Waals surface area contributed by atoms with E-state index >= 15 is 0 Å². The summed E-state index contributed by atoms with van der Waals surface area (Å²) >= 11 is 0. The maximum atomic E-state index is 12.1. The lowest BCUT2D eigenvalue weighted by Gasteiger charge is -2.29. The summed E-state index contributed by atoms with van der Waals surface area (Å²) in [4.78, 5) is 0. The van der Waals surface area contributed by atoms with E-state index in [0.717, 1.165) is 19.5 Å². The van der Waals surface area contributed by atoms with Crippen LogP contribution in [0.15, 0.2) is 17.3 Å². The van der Waals surface area contributed by atoms with E-state index < -0.39 is 10.0 Å². The van der Waals surface area contributed by atoms with E-state index in [1.807, 2.05) is 6.92 Å². The second-order valence-electron chi connectivity index (χ2n) is 4.49. The summed E-state index contributed by atoms with van der Waals surface area (Å²) in [6.45, 7) is 3.74. The van der Waals surface area contributed by atoms with Gasteiger partial charge in [0.2, 0.25) is 0 Å². The average molecular weight is 295 g/mol. The summed E-state index contributed by atoms with van der Waals surface area (Å²) in [5.74, 6) is 0.298. The molecule has 2 heterocycles. The zero-order valence-corrected chi connectivity index (χ0v) is 12.1. The molecule has 18 heavy (non-hydrogen) atoms. The number of piperidine rings is 1. The topological polar surface area (TPSA) is 76.0 Å². The normalized spacial score (nSPS) is 24.6. The van der Waals surface area contributed by atoms with E-state index in [-0.39, 0.29) is 23.5 Å². The molecular formula is C10H19ClN4O2S. The van der Waals surface area contributed by atoms with E-state index in [4.69, 9.17) is 0 Å². The van der Waals surface area contributed by atoms with Gasteiger partial charge in [-0.25, -0.2) is 13.1 Å². The van der Waals surface area contributed by atoms with Gasteiger partial charge in [0.05, 0.1) is 6.20 Å². The first-order valence-electron chi connectivity index (χ1n) is 5.72. The Labute approximate surface area is 114 Å². The Bertz CT molecular complexity index is 488. The highest BCUT2D eigenvalue weighted by atomic mass is 35.5. The van der Waals surface area contributed by atoms with Crippen LogP contribution in [0.3, 0.4) is 0 Å². The Morgan fingerprint density at radius 3 is 2.83 bits per heavy atom. The van der Waals surface area contributed by atoms with Crippen molar-refractivity contribution in [2.45, 2.75) is 24.4 Å². The number of aromatic nitrogens is 2. The molecule has 0 aliphatic carbocycles. The zero-order chi connectivity index (χ0) is 12.5. The maximum Gasteiger partial charge on any atom is 0.257 e. The summed E-state index contributed by atoms with van der Waals surface area (Å²) in [6, 6.07) is 1.50. The van der Waals surface area contributed by atoms with Gasteiger partial charge in [-0.15, -0.1) is 12.4 Å². The Morgan fingerprint density at radius 2 is 2.28 bits per heavy atom. The number of sulfonamides is 1. The highest BCUT2D eigenvalue weighted by molar-refractivity contribution is 7.89. The molecule has 104 valence electrons. The van der Waals surface area contributed by atoms with Crippen molar-refractivity contribution in [3.05, 3.63) is 12.3 Å². The van der Waals surface area contributed by atoms with Gasteiger partial charge in [0.15, 0.2) is 5.03 Å². The van der Waals surface area contributed by atoms with Crippen LogP contribution in [0.5, 0.6) is 0 Å². The van der Waals surface area contributed by atoms with Gasteiger partial charge in [-0.05, 0) is 31.5 Å². The van der Waals surface area contributed by atoms with Crippen LogP contribution in [0, 0.1) is 5.92 Å². The summed E-state index contributed by atoms with van der Waals surface area (Å²) in [7, 11) is -1.83. The molecule has 0 radical (unpaired) electrons. The van der Waals surface area contributed by atoms with Crippen molar-refractivity contribution in [3.8, 4) is 0 Å². The molecule has 0 bridgehead atoms. The van der Waals surface area contributed by atoms with Crippen LogP contribution in [0.25, 0.3) is 0 Å². The van der Waals surface area contributed by atoms with Crippen molar-refractivity contribution in [1.82, 2.24) is 19.8 Å². The molecule has 1 fully saturated rings. The lowest BCUT2D eigenvalue weighted by molar-refractivity contribution is 0.327. The van der Waals surface area contributed by atoms with Crippen molar-refractivity contribution >= 4 is 22.4 Å². The second kappa shape index (κ2) is 6.01. The molecule has 0 amide bonds. The third-order valence-corrected chi connectivity index (χ3v) is 4.71. The van der Waals surface area contributed by atoms with Crippen molar-refractivity contribution in [2.24, 2.45) is 13.0 Å². The van der Waals surface area contributed by atoms with Crippen LogP contribution in [-0.4, -0.2) is 37.3 Å². The van der Waals surface area contributed by atoms with E-state index in [1.165, 1.54) is 16.9 Å². The SMILES string of the molecule is CC1CNCCC1NS(=O)(=O)c1ccnn1C.Cl. The predicted molar refractivity (Wildman–Crippen MR) is 71.2 cm³/mol. The summed E-state index contributed by atoms with van der Waals surface area (Å²) in [5, 5.41) is 7.34. The number of rotatable bonds is 3. The molecule has 2 unspecified atom stereocenters. The quantitative estimate of drug-likeness (QED) is 0.830. The molecule has 2 atom stereocenters. The minimum atomic E-state index is -3.46. The first kappa shape index (κ1) is 15.4. The molecular weight excluding hydrogens is 276 g/mol. The first-order chi connectivity index (χ1) is 8.00. The van der Waals surface area contributed by atoms with Gasteiger partial charge in [0.1, 0.15) is 0 Å². The Kier molecular flexibility index (Phi) is 5.15. The Hall–Kier alpha value is -0.630. The van der Waals surface area contributed by atoms with E-state index in [2.05, 4.69) is 15.1 Å². The fourth-order valence-corrected chi connectivity index (χ4v) is 3.58. The number of nitrogens with one attached hydrogen (secondary N) is 2. The van der Waals surface area contributed by atoms with Gasteiger partial charge in [0.25, 0.3) is 10.0 Å². The van der Waals surface area contributed by atoms with Crippen LogP contribution in [0.1, 0.15) is 13.3 Å². The number of hydrogen-bond acceptors (Lipinski definition) is 4. The summed E-state index contributed by atoms with van der Waals surface area (Å²) in [5.41, 5.74) is 0. The molecule has 1 aromatic rings. The summed E-state index contributed by atoms with van der Waals surface area (Å²) in [6.07, 6.45) is 2.30. The monoisotopic (exact) mass is 294 g/mol. The van der Waals surface area contributed by atoms with Gasteiger partial charge in [-0.1, -0.05) is 6.92 Å². The molecule has 2 rings (SSSR count). The molecule has 1 aromatic heterocycles. The summed E-state index contributed by atoms with van der Waals surface area (Å²) < 4.78 is 28.4. The minimum absolute atomic E-state index is 0. The van der Waals surface area contributed by atoms with Crippen LogP contribution < -0.4 is 10.0 Å². The number of hydrogen-bond donors (Lipinski definition) is 2. The average Bonchev–Trinajstić information content (AvgIpc) is 2.68. The lowest BCUT2D eigenvalue weighted by Crippen LogP contribution is -2.48. The van der Waals surface area contributed by atoms with E-state index in [9.17, 15) is 8.42 Å². The third-order valence-electron chi connectivity index (χ3n) is 3.14. The molecule has 1 aliphatic heterocycles. The molecule has 1 aliphatic rings. The zero-order valence-electron chi connectivity index (χ0n) is 10.5. The number of nitrogens with zero attached hydrogens (tertiary/aromatic N) is 2. The maximum absolute atomic E-state index is 12.1. The molecule has 8 heteroatoms. The second-order valence-corrected chi connectivity index (χ2v) is 6.15. The van der Waals surface area contributed by atoms with Gasteiger partial charge in [0, 0.05) is 13.1 Å². The van der Waals surface area contributed by atoms with Gasteiger partial charge in [-0.2, -0.15) is 5.10 Å². The van der Waals surface area contributed by atoms with Crippen LogP contribution in [0.2, 0.25) is 0 Å². The molecule has 6 nitrogen and oxygen atoms in total. The molecule has 0 saturated carbocycles. The van der Waals surface area contributed by atoms with Crippen molar-refractivity contribution in [3.63, 3.8) is 0 Å². The predicted octanol–water partition coefficient (Wildman–Crippen LogP) is 0.118. The third kappa shape index (κ3) is 3.23. The van der Waals surface area contributed by atoms with Crippen molar-refractivity contribution in [2.75, 3.05) is 13.1 Å². The lowest BCUT2D eigenvalue weighted by atomic mass is 9.97. The molecule has 1 saturated heterocycles. The number of halogens is 1. The van der Waals surface area contributed by atoms with Crippen molar-refractivity contribution < 1.29 is 8.42 Å². The van der Waals surface area contributed by atoms with Crippen LogP contribution in [-0.2, 0) is 17.1 Å². The van der Waals surface area contributed by atoms with E-state index in [0.29, 0.717) is 5.92 Å². The van der Waals surface area contributed by atoms with Gasteiger partial charge < -0.3 is 5.32 Å². The first-order valence-corrected chi connectivity index (χ1v) is 7.20. The fourth-order valence-electron chi connectivity index (χ4n) is 2.07. The number of aryl methyl sites for hydroxylation is 1. The Morgan fingerprint density at radius 1 is 1.56 bits per heavy atom. The highest BCUT2D eigenvalue weighted by Gasteiger charge is 2.27. The highest BCUT2D eigenvalue weighted by Crippen LogP contribution is 2.14. The molecule has 0 aromatic carbocycles. The Balaban J connectivity index is 0.00000162. The molecule has 2 N–H and O–H groups in total. The van der Waals surface area contributed by atoms with Crippen LogP contribution in [0.4, 0.5) is 0 Å².